The van der Waals surface area contributed by atoms with Crippen molar-refractivity contribution in [2.45, 2.75) is 20.0 Å². The van der Waals surface area contributed by atoms with Crippen LogP contribution in [0.5, 0.6) is 0 Å². The van der Waals surface area contributed by atoms with E-state index in [4.69, 9.17) is 0 Å². The van der Waals surface area contributed by atoms with Crippen molar-refractivity contribution in [3.8, 4) is 11.3 Å². The molecule has 0 atom stereocenters. The van der Waals surface area contributed by atoms with E-state index in [1.807, 2.05) is 67.7 Å². The van der Waals surface area contributed by atoms with Crippen LogP contribution >= 0.6 is 15.9 Å². The third-order valence-corrected chi connectivity index (χ3v) is 5.27. The summed E-state index contributed by atoms with van der Waals surface area (Å²) in [5.41, 5.74) is 5.65. The smallest absolute Gasteiger partial charge is 0.407 e. The van der Waals surface area contributed by atoms with Gasteiger partial charge in [-0.15, -0.1) is 0 Å². The molecule has 7 heteroatoms. The summed E-state index contributed by atoms with van der Waals surface area (Å²) in [6.07, 6.45) is 2.48. The second kappa shape index (κ2) is 8.05. The fourth-order valence-corrected chi connectivity index (χ4v) is 3.75. The van der Waals surface area contributed by atoms with Gasteiger partial charge in [-0.2, -0.15) is 5.10 Å². The summed E-state index contributed by atoms with van der Waals surface area (Å²) in [5, 5.41) is 13.9. The number of hydrogen-bond donors (Lipinski definition) is 1. The molecule has 0 aliphatic carbocycles. The van der Waals surface area contributed by atoms with Gasteiger partial charge in [-0.1, -0.05) is 42.5 Å². The van der Waals surface area contributed by atoms with Gasteiger partial charge in [0.25, 0.3) is 0 Å². The number of rotatable bonds is 5. The Labute approximate surface area is 176 Å². The van der Waals surface area contributed by atoms with E-state index in [0.717, 1.165) is 37.9 Å². The third-order valence-electron chi connectivity index (χ3n) is 4.84. The maximum atomic E-state index is 11.8. The minimum atomic E-state index is -0.937. The van der Waals surface area contributed by atoms with Crippen molar-refractivity contribution in [1.82, 2.24) is 19.5 Å². The minimum Gasteiger partial charge on any atom is -0.465 e. The van der Waals surface area contributed by atoms with Crippen LogP contribution in [-0.2, 0) is 13.1 Å². The van der Waals surface area contributed by atoms with Gasteiger partial charge < -0.3 is 5.11 Å². The van der Waals surface area contributed by atoms with E-state index in [1.165, 1.54) is 11.2 Å². The van der Waals surface area contributed by atoms with Gasteiger partial charge in [0.15, 0.2) is 0 Å². The molecule has 2 heterocycles. The highest BCUT2D eigenvalue weighted by molar-refractivity contribution is 9.10. The van der Waals surface area contributed by atoms with Gasteiger partial charge in [0, 0.05) is 29.3 Å². The van der Waals surface area contributed by atoms with Crippen molar-refractivity contribution in [3.63, 3.8) is 0 Å². The maximum Gasteiger partial charge on any atom is 0.407 e. The first-order valence-corrected chi connectivity index (χ1v) is 9.91. The average Bonchev–Trinajstić information content (AvgIpc) is 3.09. The van der Waals surface area contributed by atoms with Crippen LogP contribution in [0.3, 0.4) is 0 Å². The van der Waals surface area contributed by atoms with E-state index in [9.17, 15) is 9.90 Å². The largest absolute Gasteiger partial charge is 0.465 e. The van der Waals surface area contributed by atoms with Gasteiger partial charge >= 0.3 is 6.09 Å². The fourth-order valence-electron chi connectivity index (χ4n) is 3.34. The van der Waals surface area contributed by atoms with E-state index in [2.05, 4.69) is 26.0 Å². The van der Waals surface area contributed by atoms with Gasteiger partial charge in [0.1, 0.15) is 6.33 Å². The van der Waals surface area contributed by atoms with Crippen LogP contribution in [0.15, 0.2) is 71.6 Å². The Morgan fingerprint density at radius 3 is 2.66 bits per heavy atom. The molecule has 0 radical (unpaired) electrons. The standard InChI is InChI=1S/C22H19BrN4O2/c1-15-9-17(21-20-10-19(23)13-27(20)25-14-24-21)7-8-18(15)12-26(22(28)29)11-16-5-3-2-4-6-16/h2-10,13-14H,11-12H2,1H3,(H,28,29). The van der Waals surface area contributed by atoms with Crippen LogP contribution in [0, 0.1) is 6.92 Å². The average molecular weight is 451 g/mol. The van der Waals surface area contributed by atoms with Crippen LogP contribution in [0.25, 0.3) is 16.8 Å². The third kappa shape index (κ3) is 4.14. The van der Waals surface area contributed by atoms with Crippen molar-refractivity contribution in [2.24, 2.45) is 0 Å². The van der Waals surface area contributed by atoms with Crippen LogP contribution in [0.4, 0.5) is 4.79 Å². The molecule has 2 aromatic carbocycles. The first-order chi connectivity index (χ1) is 14.0. The molecule has 4 rings (SSSR count). The van der Waals surface area contributed by atoms with E-state index in [0.29, 0.717) is 13.1 Å². The summed E-state index contributed by atoms with van der Waals surface area (Å²) in [5.74, 6) is 0. The van der Waals surface area contributed by atoms with E-state index in [1.54, 1.807) is 4.52 Å². The summed E-state index contributed by atoms with van der Waals surface area (Å²) in [6.45, 7) is 2.67. The molecule has 29 heavy (non-hydrogen) atoms. The highest BCUT2D eigenvalue weighted by Gasteiger charge is 2.15. The quantitative estimate of drug-likeness (QED) is 0.456. The van der Waals surface area contributed by atoms with Gasteiger partial charge in [0.2, 0.25) is 0 Å². The highest BCUT2D eigenvalue weighted by Crippen LogP contribution is 2.27. The van der Waals surface area contributed by atoms with Gasteiger partial charge in [-0.3, -0.25) is 4.90 Å². The number of aromatic nitrogens is 3. The molecule has 0 spiro atoms. The number of carbonyl (C=O) groups is 1. The molecule has 0 aliphatic rings. The van der Waals surface area contributed by atoms with Crippen LogP contribution < -0.4 is 0 Å². The number of nitrogens with zero attached hydrogens (tertiary/aromatic N) is 4. The molecule has 0 fully saturated rings. The number of benzene rings is 2. The van der Waals surface area contributed by atoms with Crippen molar-refractivity contribution in [1.29, 1.82) is 0 Å². The summed E-state index contributed by atoms with van der Waals surface area (Å²) in [7, 11) is 0. The zero-order chi connectivity index (χ0) is 20.4. The lowest BCUT2D eigenvalue weighted by Crippen LogP contribution is -2.28. The van der Waals surface area contributed by atoms with Gasteiger partial charge in [0.05, 0.1) is 11.2 Å². The number of hydrogen-bond acceptors (Lipinski definition) is 3. The summed E-state index contributed by atoms with van der Waals surface area (Å²) >= 11 is 3.48. The molecule has 0 saturated carbocycles. The Morgan fingerprint density at radius 2 is 1.93 bits per heavy atom. The monoisotopic (exact) mass is 450 g/mol. The SMILES string of the molecule is Cc1cc(-c2ncnn3cc(Br)cc23)ccc1CN(Cc1ccccc1)C(=O)O. The Hall–Kier alpha value is -3.19. The van der Waals surface area contributed by atoms with Crippen LogP contribution in [-0.4, -0.2) is 30.7 Å². The van der Waals surface area contributed by atoms with Crippen LogP contribution in [0.2, 0.25) is 0 Å². The number of amides is 1. The lowest BCUT2D eigenvalue weighted by atomic mass is 10.0. The Kier molecular flexibility index (Phi) is 5.31. The topological polar surface area (TPSA) is 70.7 Å². The van der Waals surface area contributed by atoms with E-state index < -0.39 is 6.09 Å². The number of carboxylic acid groups (broad SMARTS) is 1. The zero-order valence-electron chi connectivity index (χ0n) is 15.8. The van der Waals surface area contributed by atoms with Gasteiger partial charge in [-0.25, -0.2) is 14.3 Å². The number of halogens is 1. The fraction of sp³-hybridized carbons (Fsp3) is 0.136. The first-order valence-electron chi connectivity index (χ1n) is 9.12. The molecular weight excluding hydrogens is 432 g/mol. The summed E-state index contributed by atoms with van der Waals surface area (Å²) in [6, 6.07) is 17.6. The lowest BCUT2D eigenvalue weighted by molar-refractivity contribution is 0.139. The molecule has 1 N–H and O–H groups in total. The van der Waals surface area contributed by atoms with E-state index in [-0.39, 0.29) is 0 Å². The molecule has 0 aliphatic heterocycles. The first kappa shape index (κ1) is 19.1. The second-order valence-electron chi connectivity index (χ2n) is 6.86. The molecular formula is C22H19BrN4O2. The van der Waals surface area contributed by atoms with E-state index >= 15 is 0 Å². The maximum absolute atomic E-state index is 11.8. The van der Waals surface area contributed by atoms with Gasteiger partial charge in [-0.05, 0) is 51.7 Å². The van der Waals surface area contributed by atoms with Crippen molar-refractivity contribution in [3.05, 3.63) is 88.3 Å². The normalized spacial score (nSPS) is 11.0. The van der Waals surface area contributed by atoms with Crippen LogP contribution in [0.1, 0.15) is 16.7 Å². The molecule has 0 saturated heterocycles. The summed E-state index contributed by atoms with van der Waals surface area (Å²) in [4.78, 5) is 17.6. The predicted molar refractivity (Wildman–Crippen MR) is 115 cm³/mol. The molecule has 146 valence electrons. The minimum absolute atomic E-state index is 0.326. The molecule has 4 aromatic rings. The number of aryl methyl sites for hydroxylation is 1. The molecule has 0 bridgehead atoms. The number of fused-ring (bicyclic) bond motifs is 1. The molecule has 2 aromatic heterocycles. The van der Waals surface area contributed by atoms with Crippen molar-refractivity contribution in [2.75, 3.05) is 0 Å². The molecule has 0 unspecified atom stereocenters. The lowest BCUT2D eigenvalue weighted by Gasteiger charge is -2.21. The molecule has 6 nitrogen and oxygen atoms in total. The predicted octanol–water partition coefficient (Wildman–Crippen LogP) is 5.15. The van der Waals surface area contributed by atoms with Crippen molar-refractivity contribution >= 4 is 27.5 Å². The van der Waals surface area contributed by atoms with Crippen molar-refractivity contribution < 1.29 is 9.90 Å². The Balaban J connectivity index is 1.61. The Bertz CT molecular complexity index is 1170. The molecule has 1 amide bonds. The Morgan fingerprint density at radius 1 is 1.14 bits per heavy atom. The zero-order valence-corrected chi connectivity index (χ0v) is 17.4. The second-order valence-corrected chi connectivity index (χ2v) is 7.78. The summed E-state index contributed by atoms with van der Waals surface area (Å²) < 4.78 is 2.72. The highest BCUT2D eigenvalue weighted by atomic mass is 79.9.